The fourth-order valence-corrected chi connectivity index (χ4v) is 5.43. The lowest BCUT2D eigenvalue weighted by Gasteiger charge is -2.25. The van der Waals surface area contributed by atoms with Crippen molar-refractivity contribution in [2.75, 3.05) is 13.2 Å². The van der Waals surface area contributed by atoms with Crippen LogP contribution in [-0.2, 0) is 12.1 Å². The first-order chi connectivity index (χ1) is 20.9. The Labute approximate surface area is 264 Å². The third-order valence-electron chi connectivity index (χ3n) is 7.98. The molecule has 1 unspecified atom stereocenters. The lowest BCUT2D eigenvalue weighted by atomic mass is 9.95. The zero-order valence-corrected chi connectivity index (χ0v) is 27.2. The predicted molar refractivity (Wildman–Crippen MR) is 186 cm³/mol. The molecule has 4 rings (SSSR count). The van der Waals surface area contributed by atoms with E-state index in [-0.39, 0.29) is 12.1 Å². The number of rotatable bonds is 16. The molecule has 3 aromatic rings. The number of nitriles is 1. The maximum Gasteiger partial charge on any atom is 0.122 e. The largest absolute Gasteiger partial charge is 0.493 e. The number of hydrogen-bond acceptors (Lipinski definition) is 5. The monoisotopic (exact) mass is 596 g/mol. The van der Waals surface area contributed by atoms with Crippen molar-refractivity contribution < 1.29 is 4.74 Å². The van der Waals surface area contributed by atoms with Crippen molar-refractivity contribution in [2.45, 2.75) is 78.3 Å². The van der Waals surface area contributed by atoms with Crippen LogP contribution >= 0.6 is 12.2 Å². The molecule has 1 aliphatic rings. The maximum absolute atomic E-state index is 8.85. The van der Waals surface area contributed by atoms with Crippen molar-refractivity contribution in [3.8, 4) is 11.8 Å². The molecule has 0 radical (unpaired) electrons. The smallest absolute Gasteiger partial charge is 0.122 e. The van der Waals surface area contributed by atoms with Gasteiger partial charge in [-0.2, -0.15) is 5.26 Å². The number of nitrogens with one attached hydrogen (secondary N) is 3. The van der Waals surface area contributed by atoms with Gasteiger partial charge in [-0.25, -0.2) is 0 Å². The predicted octanol–water partition coefficient (Wildman–Crippen LogP) is 8.75. The summed E-state index contributed by atoms with van der Waals surface area (Å²) in [5.41, 5.74) is 4.69. The summed E-state index contributed by atoms with van der Waals surface area (Å²) in [6, 6.07) is 23.4. The molecule has 1 aliphatic carbocycles. The number of thiocarbonyl (C=S) groups is 1. The minimum Gasteiger partial charge on any atom is -0.493 e. The molecule has 0 aromatic heterocycles. The van der Waals surface area contributed by atoms with Crippen LogP contribution in [0.25, 0.3) is 16.5 Å². The molecule has 1 atom stereocenters. The van der Waals surface area contributed by atoms with Crippen molar-refractivity contribution in [1.29, 1.82) is 5.26 Å². The van der Waals surface area contributed by atoms with Gasteiger partial charge in [-0.05, 0) is 59.2 Å². The fourth-order valence-electron chi connectivity index (χ4n) is 5.29. The Bertz CT molecular complexity index is 1430. The van der Waals surface area contributed by atoms with Gasteiger partial charge in [0, 0.05) is 17.8 Å². The van der Waals surface area contributed by atoms with E-state index in [1.807, 2.05) is 26.0 Å². The lowest BCUT2D eigenvalue weighted by Crippen LogP contribution is -2.30. The van der Waals surface area contributed by atoms with E-state index in [1.54, 1.807) is 0 Å². The van der Waals surface area contributed by atoms with Crippen LogP contribution in [0.5, 0.6) is 5.75 Å². The minimum absolute atomic E-state index is 0.140. The summed E-state index contributed by atoms with van der Waals surface area (Å²) in [7, 11) is 0. The van der Waals surface area contributed by atoms with Crippen molar-refractivity contribution in [1.82, 2.24) is 16.0 Å². The number of unbranched alkanes of at least 4 members (excludes halogenated alkanes) is 1. The zero-order valence-electron chi connectivity index (χ0n) is 26.4. The summed E-state index contributed by atoms with van der Waals surface area (Å²) < 4.78 is 6.33. The molecule has 0 aliphatic heterocycles. The van der Waals surface area contributed by atoms with Gasteiger partial charge in [-0.1, -0.05) is 121 Å². The summed E-state index contributed by atoms with van der Waals surface area (Å²) in [5, 5.41) is 21.4. The summed E-state index contributed by atoms with van der Waals surface area (Å²) in [6.45, 7) is 18.4. The van der Waals surface area contributed by atoms with E-state index in [0.29, 0.717) is 29.8 Å². The van der Waals surface area contributed by atoms with Crippen molar-refractivity contribution >= 4 is 33.7 Å². The van der Waals surface area contributed by atoms with Crippen LogP contribution in [0, 0.1) is 17.2 Å². The molecule has 0 spiro atoms. The van der Waals surface area contributed by atoms with Gasteiger partial charge in [0.05, 0.1) is 23.9 Å². The Balaban J connectivity index is 0.00000248. The van der Waals surface area contributed by atoms with Crippen LogP contribution in [0.15, 0.2) is 79.5 Å². The van der Waals surface area contributed by atoms with Gasteiger partial charge < -0.3 is 20.7 Å². The number of benzene rings is 3. The second-order valence-electron chi connectivity index (χ2n) is 10.9. The van der Waals surface area contributed by atoms with Crippen molar-refractivity contribution in [2.24, 2.45) is 5.92 Å². The fraction of sp³-hybridized carbons (Fsp3) is 0.405. The first-order valence-electron chi connectivity index (χ1n) is 15.7. The Morgan fingerprint density at radius 1 is 1.05 bits per heavy atom. The molecule has 1 fully saturated rings. The molecule has 3 aromatic carbocycles. The van der Waals surface area contributed by atoms with Crippen LogP contribution in [0.2, 0.25) is 0 Å². The third-order valence-corrected chi connectivity index (χ3v) is 8.37. The van der Waals surface area contributed by atoms with Gasteiger partial charge in [-0.3, -0.25) is 0 Å². The molecule has 5 nitrogen and oxygen atoms in total. The van der Waals surface area contributed by atoms with Crippen LogP contribution in [0.4, 0.5) is 0 Å². The summed E-state index contributed by atoms with van der Waals surface area (Å²) in [4.78, 5) is 0.440. The summed E-state index contributed by atoms with van der Waals surface area (Å²) in [5.74, 6) is 1.40. The molecule has 43 heavy (non-hydrogen) atoms. The van der Waals surface area contributed by atoms with E-state index in [4.69, 9.17) is 22.2 Å². The standard InChI is InChI=1S/C35H42N4OS.C2H6/c1-5-7-11-27(6-2)24-40-30-17-16-29(23-38-26(4)34(41)37-21-20-36)32(22-30)25(3)39-35(18-19-35)33-15-10-13-28-12-8-9-14-31(28)33;1-2/h8-10,12-17,22,27,38-39H,3-7,11,18-19,21,23-24H2,1-2H3,(H,37,41);1-2H3. The topological polar surface area (TPSA) is 69.1 Å². The first kappa shape index (κ1) is 33.7. The number of fused-ring (bicyclic) bond motifs is 1. The molecule has 6 heteroatoms. The van der Waals surface area contributed by atoms with Crippen molar-refractivity contribution in [3.63, 3.8) is 0 Å². The van der Waals surface area contributed by atoms with E-state index in [1.165, 1.54) is 35.6 Å². The average Bonchev–Trinajstić information content (AvgIpc) is 3.83. The van der Waals surface area contributed by atoms with Gasteiger partial charge in [0.1, 0.15) is 17.3 Å². The quantitative estimate of drug-likeness (QED) is 0.0873. The number of hydrogen-bond donors (Lipinski definition) is 3. The molecule has 0 saturated heterocycles. The SMILES string of the molecule is C=C(NCc1ccc(OCC(CC)CCCC)cc1C(=C)NC1(c2cccc3ccccc23)CC1)C(=S)NCC#N.CC. The Morgan fingerprint density at radius 2 is 1.79 bits per heavy atom. The summed E-state index contributed by atoms with van der Waals surface area (Å²) >= 11 is 5.36. The molecular formula is C37H48N4OS. The van der Waals surface area contributed by atoms with E-state index in [0.717, 1.165) is 41.8 Å². The van der Waals surface area contributed by atoms with Crippen molar-refractivity contribution in [3.05, 3.63) is 96.2 Å². The van der Waals surface area contributed by atoms with Gasteiger partial charge in [0.15, 0.2) is 0 Å². The Hall–Kier alpha value is -3.82. The van der Waals surface area contributed by atoms with Crippen LogP contribution in [0.1, 0.15) is 82.9 Å². The molecule has 1 saturated carbocycles. The molecule has 0 heterocycles. The van der Waals surface area contributed by atoms with Crippen LogP contribution < -0.4 is 20.7 Å². The van der Waals surface area contributed by atoms with Gasteiger partial charge in [0.25, 0.3) is 0 Å². The second kappa shape index (κ2) is 16.7. The molecule has 228 valence electrons. The first-order valence-corrected chi connectivity index (χ1v) is 16.1. The number of nitrogens with zero attached hydrogens (tertiary/aromatic N) is 1. The molecule has 0 amide bonds. The van der Waals surface area contributed by atoms with Gasteiger partial charge in [0.2, 0.25) is 0 Å². The van der Waals surface area contributed by atoms with E-state index in [2.05, 4.69) is 97.6 Å². The highest BCUT2D eigenvalue weighted by Crippen LogP contribution is 2.49. The van der Waals surface area contributed by atoms with Gasteiger partial charge >= 0.3 is 0 Å². The van der Waals surface area contributed by atoms with E-state index >= 15 is 0 Å². The molecule has 3 N–H and O–H groups in total. The Morgan fingerprint density at radius 3 is 2.49 bits per heavy atom. The van der Waals surface area contributed by atoms with Crippen LogP contribution in [0.3, 0.4) is 0 Å². The van der Waals surface area contributed by atoms with Crippen LogP contribution in [-0.4, -0.2) is 18.1 Å². The highest BCUT2D eigenvalue weighted by molar-refractivity contribution is 7.80. The second-order valence-corrected chi connectivity index (χ2v) is 11.3. The lowest BCUT2D eigenvalue weighted by molar-refractivity contribution is 0.233. The Kier molecular flexibility index (Phi) is 13.1. The van der Waals surface area contributed by atoms with E-state index < -0.39 is 0 Å². The maximum atomic E-state index is 8.85. The van der Waals surface area contributed by atoms with Gasteiger partial charge in [-0.15, -0.1) is 0 Å². The third kappa shape index (κ3) is 9.08. The average molecular weight is 597 g/mol. The molecule has 0 bridgehead atoms. The normalized spacial score (nSPS) is 13.5. The summed E-state index contributed by atoms with van der Waals surface area (Å²) in [6.07, 6.45) is 6.82. The highest BCUT2D eigenvalue weighted by Gasteiger charge is 2.45. The minimum atomic E-state index is -0.140. The number of ether oxygens (including phenoxy) is 1. The highest BCUT2D eigenvalue weighted by atomic mass is 32.1. The zero-order chi connectivity index (χ0) is 31.2. The molecular weight excluding hydrogens is 549 g/mol. The van der Waals surface area contributed by atoms with E-state index in [9.17, 15) is 0 Å².